The van der Waals surface area contributed by atoms with Gasteiger partial charge in [-0.15, -0.1) is 0 Å². The molecule has 0 radical (unpaired) electrons. The Bertz CT molecular complexity index is 896. The number of nitrogens with zero attached hydrogens (tertiary/aromatic N) is 4. The molecule has 0 saturated carbocycles. The molecule has 1 amide bonds. The van der Waals surface area contributed by atoms with Gasteiger partial charge in [-0.3, -0.25) is 4.90 Å². The Morgan fingerprint density at radius 3 is 2.83 bits per heavy atom. The van der Waals surface area contributed by atoms with E-state index in [0.29, 0.717) is 16.5 Å². The first-order valence-corrected chi connectivity index (χ1v) is 8.02. The van der Waals surface area contributed by atoms with Crippen LogP contribution in [0.25, 0.3) is 5.65 Å². The van der Waals surface area contributed by atoms with Crippen molar-refractivity contribution < 1.29 is 9.53 Å². The second kappa shape index (κ2) is 5.50. The fraction of sp³-hybridized carbons (Fsp3) is 0.133. The highest BCUT2D eigenvalue weighted by atomic mass is 79.9. The molecule has 1 aliphatic rings. The summed E-state index contributed by atoms with van der Waals surface area (Å²) in [4.78, 5) is 18.2. The van der Waals surface area contributed by atoms with E-state index in [0.717, 1.165) is 10.0 Å². The molecular formula is C15H10BrClN4O2. The molecule has 3 aromatic rings. The number of halogens is 2. The summed E-state index contributed by atoms with van der Waals surface area (Å²) < 4.78 is 7.61. The molecule has 1 saturated heterocycles. The number of benzene rings is 1. The minimum absolute atomic E-state index is 0.239. The van der Waals surface area contributed by atoms with Crippen LogP contribution in [0.15, 0.2) is 47.2 Å². The predicted molar refractivity (Wildman–Crippen MR) is 88.7 cm³/mol. The Morgan fingerprint density at radius 2 is 2.04 bits per heavy atom. The van der Waals surface area contributed by atoms with Gasteiger partial charge in [-0.1, -0.05) is 23.7 Å². The van der Waals surface area contributed by atoms with E-state index in [1.165, 1.54) is 0 Å². The van der Waals surface area contributed by atoms with E-state index in [1.54, 1.807) is 40.0 Å². The number of aromatic nitrogens is 3. The summed E-state index contributed by atoms with van der Waals surface area (Å²) in [6.45, 7) is 0.272. The molecule has 0 unspecified atom stereocenters. The molecular weight excluding hydrogens is 384 g/mol. The van der Waals surface area contributed by atoms with Crippen molar-refractivity contribution in [1.82, 2.24) is 14.6 Å². The van der Waals surface area contributed by atoms with Crippen molar-refractivity contribution >= 4 is 45.1 Å². The van der Waals surface area contributed by atoms with Crippen LogP contribution < -0.4 is 4.90 Å². The maximum atomic E-state index is 12.2. The van der Waals surface area contributed by atoms with Crippen LogP contribution in [0.5, 0.6) is 0 Å². The van der Waals surface area contributed by atoms with Crippen molar-refractivity contribution in [2.24, 2.45) is 0 Å². The van der Waals surface area contributed by atoms with Gasteiger partial charge >= 0.3 is 6.09 Å². The van der Waals surface area contributed by atoms with Gasteiger partial charge in [0.1, 0.15) is 18.5 Å². The van der Waals surface area contributed by atoms with E-state index in [2.05, 4.69) is 26.0 Å². The number of ether oxygens (including phenoxy) is 1. The van der Waals surface area contributed by atoms with Crippen LogP contribution in [0.1, 0.15) is 11.6 Å². The summed E-state index contributed by atoms with van der Waals surface area (Å²) in [7, 11) is 0. The van der Waals surface area contributed by atoms with Crippen LogP contribution in [0.3, 0.4) is 0 Å². The van der Waals surface area contributed by atoms with Gasteiger partial charge in [-0.05, 0) is 39.7 Å². The molecule has 23 heavy (non-hydrogen) atoms. The van der Waals surface area contributed by atoms with Crippen LogP contribution in [0.2, 0.25) is 5.02 Å². The largest absolute Gasteiger partial charge is 0.447 e. The van der Waals surface area contributed by atoms with Crippen molar-refractivity contribution in [3.63, 3.8) is 0 Å². The Morgan fingerprint density at radius 1 is 1.26 bits per heavy atom. The third-order valence-corrected chi connectivity index (χ3v) is 4.50. The lowest BCUT2D eigenvalue weighted by atomic mass is 10.1. The van der Waals surface area contributed by atoms with E-state index in [9.17, 15) is 4.79 Å². The minimum atomic E-state index is -0.419. The third kappa shape index (κ3) is 2.46. The number of hydrogen-bond donors (Lipinski definition) is 0. The Hall–Kier alpha value is -2.12. The number of rotatable bonds is 2. The fourth-order valence-electron chi connectivity index (χ4n) is 2.57. The molecule has 6 nitrogen and oxygen atoms in total. The minimum Gasteiger partial charge on any atom is -0.447 e. The molecule has 2 aromatic heterocycles. The third-order valence-electron chi connectivity index (χ3n) is 3.69. The zero-order chi connectivity index (χ0) is 16.0. The molecule has 0 aliphatic carbocycles. The topological polar surface area (TPSA) is 59.7 Å². The number of carbonyl (C=O) groups is 1. The summed E-state index contributed by atoms with van der Waals surface area (Å²) in [5.41, 5.74) is 1.58. The average Bonchev–Trinajstić information content (AvgIpc) is 3.11. The first kappa shape index (κ1) is 14.5. The molecule has 0 spiro atoms. The summed E-state index contributed by atoms with van der Waals surface area (Å²) in [5.74, 6) is 0.515. The van der Waals surface area contributed by atoms with Crippen molar-refractivity contribution in [2.45, 2.75) is 6.04 Å². The van der Waals surface area contributed by atoms with Crippen LogP contribution in [0.4, 0.5) is 10.6 Å². The molecule has 1 aliphatic heterocycles. The normalized spacial score (nSPS) is 17.7. The maximum absolute atomic E-state index is 12.2. The summed E-state index contributed by atoms with van der Waals surface area (Å²) in [5, 5.41) is 4.80. The van der Waals surface area contributed by atoms with E-state index >= 15 is 0 Å². The van der Waals surface area contributed by atoms with Gasteiger partial charge in [0, 0.05) is 11.2 Å². The van der Waals surface area contributed by atoms with Crippen LogP contribution in [0, 0.1) is 0 Å². The van der Waals surface area contributed by atoms with Crippen LogP contribution in [-0.4, -0.2) is 27.3 Å². The standard InChI is InChI=1S/C15H10BrClN4O2/c16-11-7-18-20-6-5-13(19-14(11)20)21-12(8-23-15(21)22)9-1-3-10(17)4-2-9/h1-7,12H,8H2/t12-/m0/s1. The smallest absolute Gasteiger partial charge is 0.416 e. The number of hydrogen-bond acceptors (Lipinski definition) is 4. The Kier molecular flexibility index (Phi) is 3.46. The zero-order valence-corrected chi connectivity index (χ0v) is 14.0. The SMILES string of the molecule is O=C1OC[C@@H](c2ccc(Cl)cc2)N1c1ccn2ncc(Br)c2n1. The second-order valence-corrected chi connectivity index (χ2v) is 6.35. The first-order valence-electron chi connectivity index (χ1n) is 6.85. The van der Waals surface area contributed by atoms with Crippen LogP contribution >= 0.6 is 27.5 Å². The van der Waals surface area contributed by atoms with Gasteiger partial charge in [0.15, 0.2) is 5.65 Å². The van der Waals surface area contributed by atoms with Gasteiger partial charge in [-0.25, -0.2) is 14.3 Å². The molecule has 4 rings (SSSR count). The van der Waals surface area contributed by atoms with E-state index in [4.69, 9.17) is 16.3 Å². The zero-order valence-electron chi connectivity index (χ0n) is 11.7. The molecule has 8 heteroatoms. The molecule has 0 N–H and O–H groups in total. The molecule has 0 bridgehead atoms. The highest BCUT2D eigenvalue weighted by Gasteiger charge is 2.36. The Balaban J connectivity index is 1.78. The molecule has 1 fully saturated rings. The van der Waals surface area contributed by atoms with Gasteiger partial charge in [0.25, 0.3) is 0 Å². The molecule has 3 heterocycles. The van der Waals surface area contributed by atoms with Gasteiger partial charge in [-0.2, -0.15) is 5.10 Å². The van der Waals surface area contributed by atoms with Crippen LogP contribution in [-0.2, 0) is 4.74 Å². The Labute approximate surface area is 144 Å². The molecule has 116 valence electrons. The summed E-state index contributed by atoms with van der Waals surface area (Å²) in [6.07, 6.45) is 3.00. The average molecular weight is 394 g/mol. The quantitative estimate of drug-likeness (QED) is 0.664. The van der Waals surface area contributed by atoms with Gasteiger partial charge in [0.05, 0.1) is 10.7 Å². The molecule has 1 atom stereocenters. The van der Waals surface area contributed by atoms with Crippen molar-refractivity contribution in [1.29, 1.82) is 0 Å². The lowest BCUT2D eigenvalue weighted by molar-refractivity contribution is 0.179. The maximum Gasteiger partial charge on any atom is 0.416 e. The first-order chi connectivity index (χ1) is 11.1. The lowest BCUT2D eigenvalue weighted by Gasteiger charge is -2.20. The van der Waals surface area contributed by atoms with Gasteiger partial charge in [0.2, 0.25) is 0 Å². The van der Waals surface area contributed by atoms with Gasteiger partial charge < -0.3 is 4.74 Å². The number of amides is 1. The number of carbonyl (C=O) groups excluding carboxylic acids is 1. The fourth-order valence-corrected chi connectivity index (χ4v) is 3.06. The van der Waals surface area contributed by atoms with E-state index in [1.807, 2.05) is 12.1 Å². The number of anilines is 1. The molecule has 1 aromatic carbocycles. The van der Waals surface area contributed by atoms with E-state index < -0.39 is 6.09 Å². The van der Waals surface area contributed by atoms with Crippen molar-refractivity contribution in [2.75, 3.05) is 11.5 Å². The highest BCUT2D eigenvalue weighted by Crippen LogP contribution is 2.33. The summed E-state index contributed by atoms with van der Waals surface area (Å²) >= 11 is 9.33. The monoisotopic (exact) mass is 392 g/mol. The highest BCUT2D eigenvalue weighted by molar-refractivity contribution is 9.10. The second-order valence-electron chi connectivity index (χ2n) is 5.06. The summed E-state index contributed by atoms with van der Waals surface area (Å²) in [6, 6.07) is 8.85. The predicted octanol–water partition coefficient (Wildman–Crippen LogP) is 3.84. The lowest BCUT2D eigenvalue weighted by Crippen LogP contribution is -2.28. The van der Waals surface area contributed by atoms with E-state index in [-0.39, 0.29) is 12.6 Å². The number of fused-ring (bicyclic) bond motifs is 1. The van der Waals surface area contributed by atoms with Crippen molar-refractivity contribution in [3.8, 4) is 0 Å². The number of cyclic esters (lactones) is 1. The van der Waals surface area contributed by atoms with Crippen molar-refractivity contribution in [3.05, 3.63) is 57.8 Å².